The highest BCUT2D eigenvalue weighted by molar-refractivity contribution is 7.19. The quantitative estimate of drug-likeness (QED) is 0.640. The third-order valence-corrected chi connectivity index (χ3v) is 5.03. The minimum atomic E-state index is -0.449. The Kier molecular flexibility index (Phi) is 7.06. The number of likely N-dealkylation sites (N-methyl/N-ethyl adjacent to an activating group) is 1. The summed E-state index contributed by atoms with van der Waals surface area (Å²) in [7, 11) is 1.88. The van der Waals surface area contributed by atoms with Gasteiger partial charge in [-0.25, -0.2) is 4.39 Å². The summed E-state index contributed by atoms with van der Waals surface area (Å²) in [6, 6.07) is 7.63. The van der Waals surface area contributed by atoms with Gasteiger partial charge in [0.25, 0.3) is 11.8 Å². The van der Waals surface area contributed by atoms with E-state index in [0.717, 1.165) is 10.4 Å². The molecule has 0 fully saturated rings. The van der Waals surface area contributed by atoms with Crippen LogP contribution in [0.25, 0.3) is 10.8 Å². The first-order valence-corrected chi connectivity index (χ1v) is 8.95. The summed E-state index contributed by atoms with van der Waals surface area (Å²) < 4.78 is 18.6. The lowest BCUT2D eigenvalue weighted by Gasteiger charge is -2.04. The molecule has 144 valence electrons. The summed E-state index contributed by atoms with van der Waals surface area (Å²) in [6.45, 7) is 3.94. The summed E-state index contributed by atoms with van der Waals surface area (Å²) in [5.41, 5.74) is 1.18. The van der Waals surface area contributed by atoms with E-state index in [0.29, 0.717) is 23.1 Å². The van der Waals surface area contributed by atoms with Crippen molar-refractivity contribution in [3.05, 3.63) is 53.1 Å². The van der Waals surface area contributed by atoms with Crippen LogP contribution in [0.1, 0.15) is 28.7 Å². The number of thiophene rings is 1. The van der Waals surface area contributed by atoms with Crippen molar-refractivity contribution in [1.29, 1.82) is 0 Å². The standard InChI is InChI=1S/C18H19FN4O2S.ClH/c1-10-7-15(22-17(24)12-5-4-6-13(19)9-12)26-16(10)18-21-14(23-25-18)8-11(2)20-3;/h4-7,9,11,20H,8H2,1-3H3,(H,22,24);1H. The molecule has 1 aromatic carbocycles. The van der Waals surface area contributed by atoms with Crippen molar-refractivity contribution in [3.8, 4) is 10.8 Å². The number of nitrogens with zero attached hydrogens (tertiary/aromatic N) is 2. The van der Waals surface area contributed by atoms with Gasteiger partial charge in [0.1, 0.15) is 5.82 Å². The van der Waals surface area contributed by atoms with E-state index in [1.807, 2.05) is 27.0 Å². The maximum absolute atomic E-state index is 13.3. The van der Waals surface area contributed by atoms with Gasteiger partial charge in [-0.2, -0.15) is 4.98 Å². The minimum absolute atomic E-state index is 0. The van der Waals surface area contributed by atoms with Gasteiger partial charge in [-0.15, -0.1) is 23.7 Å². The van der Waals surface area contributed by atoms with Gasteiger partial charge in [0.15, 0.2) is 5.82 Å². The van der Waals surface area contributed by atoms with Crippen LogP contribution in [-0.4, -0.2) is 29.1 Å². The molecule has 0 radical (unpaired) electrons. The second kappa shape index (κ2) is 9.07. The van der Waals surface area contributed by atoms with Crippen LogP contribution in [0.4, 0.5) is 9.39 Å². The summed E-state index contributed by atoms with van der Waals surface area (Å²) in [5, 5.41) is 10.5. The molecule has 6 nitrogen and oxygen atoms in total. The van der Waals surface area contributed by atoms with E-state index in [9.17, 15) is 9.18 Å². The Morgan fingerprint density at radius 1 is 1.37 bits per heavy atom. The number of benzene rings is 1. The first-order chi connectivity index (χ1) is 12.5. The molecule has 0 saturated heterocycles. The fourth-order valence-electron chi connectivity index (χ4n) is 2.37. The molecular weight excluding hydrogens is 391 g/mol. The number of carbonyl (C=O) groups excluding carboxylic acids is 1. The highest BCUT2D eigenvalue weighted by Crippen LogP contribution is 2.34. The van der Waals surface area contributed by atoms with Gasteiger partial charge in [0.05, 0.1) is 9.88 Å². The number of hydrogen-bond donors (Lipinski definition) is 2. The molecule has 0 saturated carbocycles. The Morgan fingerprint density at radius 2 is 2.15 bits per heavy atom. The Bertz CT molecular complexity index is 928. The molecule has 2 heterocycles. The summed E-state index contributed by atoms with van der Waals surface area (Å²) in [6.07, 6.45) is 0.660. The first-order valence-electron chi connectivity index (χ1n) is 8.14. The Balaban J connectivity index is 0.00000261. The number of anilines is 1. The molecule has 1 unspecified atom stereocenters. The molecule has 0 aliphatic heterocycles. The van der Waals surface area contributed by atoms with E-state index >= 15 is 0 Å². The lowest BCUT2D eigenvalue weighted by Crippen LogP contribution is -2.24. The fraction of sp³-hybridized carbons (Fsp3) is 0.278. The van der Waals surface area contributed by atoms with Crippen LogP contribution in [0.3, 0.4) is 0 Å². The third-order valence-electron chi connectivity index (χ3n) is 3.89. The minimum Gasteiger partial charge on any atom is -0.333 e. The number of rotatable bonds is 6. The van der Waals surface area contributed by atoms with Crippen molar-refractivity contribution < 1.29 is 13.7 Å². The van der Waals surface area contributed by atoms with Crippen LogP contribution in [-0.2, 0) is 6.42 Å². The van der Waals surface area contributed by atoms with E-state index in [-0.39, 0.29) is 29.9 Å². The van der Waals surface area contributed by atoms with E-state index < -0.39 is 5.82 Å². The number of carbonyl (C=O) groups is 1. The monoisotopic (exact) mass is 410 g/mol. The first kappa shape index (κ1) is 21.0. The Morgan fingerprint density at radius 3 is 2.85 bits per heavy atom. The number of hydrogen-bond acceptors (Lipinski definition) is 6. The maximum Gasteiger partial charge on any atom is 0.268 e. The average molecular weight is 411 g/mol. The molecule has 1 atom stereocenters. The molecule has 2 N–H and O–H groups in total. The van der Waals surface area contributed by atoms with E-state index in [1.165, 1.54) is 29.5 Å². The van der Waals surface area contributed by atoms with Crippen molar-refractivity contribution in [2.24, 2.45) is 0 Å². The van der Waals surface area contributed by atoms with Crippen LogP contribution >= 0.6 is 23.7 Å². The predicted molar refractivity (Wildman–Crippen MR) is 106 cm³/mol. The maximum atomic E-state index is 13.3. The SMILES string of the molecule is CNC(C)Cc1noc(-c2sc(NC(=O)c3cccc(F)c3)cc2C)n1.Cl. The van der Waals surface area contributed by atoms with Crippen LogP contribution in [0.15, 0.2) is 34.9 Å². The Hall–Kier alpha value is -2.29. The van der Waals surface area contributed by atoms with E-state index in [1.54, 1.807) is 6.07 Å². The molecule has 3 rings (SSSR count). The molecule has 27 heavy (non-hydrogen) atoms. The molecular formula is C18H20ClFN4O2S. The molecule has 2 aromatic heterocycles. The van der Waals surface area contributed by atoms with Gasteiger partial charge < -0.3 is 15.2 Å². The molecule has 9 heteroatoms. The number of nitrogens with one attached hydrogen (secondary N) is 2. The van der Waals surface area contributed by atoms with Gasteiger partial charge in [0.2, 0.25) is 0 Å². The number of halogens is 2. The molecule has 0 spiro atoms. The molecule has 0 aliphatic carbocycles. The van der Waals surface area contributed by atoms with Gasteiger partial charge >= 0.3 is 0 Å². The normalized spacial score (nSPS) is 11.7. The van der Waals surface area contributed by atoms with Crippen molar-refractivity contribution in [1.82, 2.24) is 15.5 Å². The summed E-state index contributed by atoms with van der Waals surface area (Å²) >= 11 is 1.34. The largest absolute Gasteiger partial charge is 0.333 e. The van der Waals surface area contributed by atoms with Gasteiger partial charge in [-0.3, -0.25) is 4.79 Å². The second-order valence-corrected chi connectivity index (χ2v) is 7.05. The van der Waals surface area contributed by atoms with Gasteiger partial charge in [0, 0.05) is 18.0 Å². The molecule has 0 aliphatic rings. The summed E-state index contributed by atoms with van der Waals surface area (Å²) in [5.74, 6) is 0.235. The van der Waals surface area contributed by atoms with Gasteiger partial charge in [-0.1, -0.05) is 11.2 Å². The average Bonchev–Trinajstić information content (AvgIpc) is 3.21. The van der Waals surface area contributed by atoms with Crippen LogP contribution in [0.2, 0.25) is 0 Å². The van der Waals surface area contributed by atoms with E-state index in [2.05, 4.69) is 20.8 Å². The molecule has 0 bridgehead atoms. The highest BCUT2D eigenvalue weighted by atomic mass is 35.5. The van der Waals surface area contributed by atoms with Crippen molar-refractivity contribution in [2.45, 2.75) is 26.3 Å². The number of aryl methyl sites for hydroxylation is 1. The topological polar surface area (TPSA) is 80.0 Å². The number of amides is 1. The zero-order chi connectivity index (χ0) is 18.7. The zero-order valence-corrected chi connectivity index (χ0v) is 16.7. The fourth-order valence-corrected chi connectivity index (χ4v) is 3.36. The van der Waals surface area contributed by atoms with Crippen LogP contribution < -0.4 is 10.6 Å². The predicted octanol–water partition coefficient (Wildman–Crippen LogP) is 4.07. The van der Waals surface area contributed by atoms with Crippen molar-refractivity contribution in [2.75, 3.05) is 12.4 Å². The lowest BCUT2D eigenvalue weighted by atomic mass is 10.2. The number of aromatic nitrogens is 2. The third kappa shape index (κ3) is 5.12. The van der Waals surface area contributed by atoms with Crippen molar-refractivity contribution >= 4 is 34.7 Å². The lowest BCUT2D eigenvalue weighted by molar-refractivity contribution is 0.102. The van der Waals surface area contributed by atoms with Crippen LogP contribution in [0, 0.1) is 12.7 Å². The van der Waals surface area contributed by atoms with Crippen molar-refractivity contribution in [3.63, 3.8) is 0 Å². The second-order valence-electron chi connectivity index (χ2n) is 6.00. The highest BCUT2D eigenvalue weighted by Gasteiger charge is 2.17. The van der Waals surface area contributed by atoms with Crippen LogP contribution in [0.5, 0.6) is 0 Å². The van der Waals surface area contributed by atoms with E-state index in [4.69, 9.17) is 4.52 Å². The summed E-state index contributed by atoms with van der Waals surface area (Å²) in [4.78, 5) is 17.5. The smallest absolute Gasteiger partial charge is 0.268 e. The zero-order valence-electron chi connectivity index (χ0n) is 15.1. The van der Waals surface area contributed by atoms with Gasteiger partial charge in [-0.05, 0) is 50.7 Å². The molecule has 1 amide bonds. The Labute approximate surface area is 166 Å². The molecule has 3 aromatic rings.